The minimum Gasteiger partial charge on any atom is -0.496 e. The van der Waals surface area contributed by atoms with Crippen molar-refractivity contribution in [3.63, 3.8) is 0 Å². The monoisotopic (exact) mass is 565 g/mol. The highest BCUT2D eigenvalue weighted by molar-refractivity contribution is 7.21. The highest BCUT2D eigenvalue weighted by atomic mass is 32.1. The van der Waals surface area contributed by atoms with Crippen molar-refractivity contribution in [2.45, 2.75) is 13.0 Å². The fourth-order valence-corrected chi connectivity index (χ4v) is 6.18. The molecule has 6 rings (SSSR count). The molecule has 0 aliphatic carbocycles. The minimum atomic E-state index is -1.05. The molecule has 0 radical (unpaired) electrons. The lowest BCUT2D eigenvalue weighted by atomic mass is 9.99. The molecule has 9 heteroatoms. The van der Waals surface area contributed by atoms with Crippen LogP contribution in [0.4, 0.5) is 5.13 Å². The Kier molecular flexibility index (Phi) is 6.98. The second-order valence-corrected chi connectivity index (χ2v) is 10.9. The van der Waals surface area contributed by atoms with E-state index < -0.39 is 18.0 Å². The van der Waals surface area contributed by atoms with Gasteiger partial charge in [-0.1, -0.05) is 54.6 Å². The summed E-state index contributed by atoms with van der Waals surface area (Å²) in [5.41, 5.74) is 3.62. The molecule has 0 aliphatic rings. The number of thiazole rings is 2. The van der Waals surface area contributed by atoms with Gasteiger partial charge in [-0.25, -0.2) is 14.8 Å². The molecule has 0 aliphatic heterocycles. The van der Waals surface area contributed by atoms with Gasteiger partial charge in [0.25, 0.3) is 5.91 Å². The van der Waals surface area contributed by atoms with E-state index in [0.717, 1.165) is 37.1 Å². The number of methoxy groups -OCH3 is 1. The molecule has 0 spiro atoms. The summed E-state index contributed by atoms with van der Waals surface area (Å²) in [7, 11) is 1.60. The summed E-state index contributed by atoms with van der Waals surface area (Å²) >= 11 is 2.85. The van der Waals surface area contributed by atoms with Gasteiger partial charge < -0.3 is 9.47 Å². The lowest BCUT2D eigenvalue weighted by Crippen LogP contribution is -2.30. The van der Waals surface area contributed by atoms with Gasteiger partial charge in [0, 0.05) is 21.9 Å². The number of nitrogens with one attached hydrogen (secondary N) is 1. The van der Waals surface area contributed by atoms with Gasteiger partial charge in [-0.15, -0.1) is 22.7 Å². The van der Waals surface area contributed by atoms with Crippen LogP contribution in [0.5, 0.6) is 5.75 Å². The maximum atomic E-state index is 13.4. The third-order valence-electron chi connectivity index (χ3n) is 6.42. The number of para-hydroxylation sites is 2. The van der Waals surface area contributed by atoms with Crippen LogP contribution in [0.2, 0.25) is 0 Å². The molecule has 0 saturated heterocycles. The van der Waals surface area contributed by atoms with Crippen LogP contribution >= 0.6 is 22.7 Å². The summed E-state index contributed by atoms with van der Waals surface area (Å²) in [6, 6.07) is 26.8. The fraction of sp³-hybridized carbons (Fsp3) is 0.0968. The summed E-state index contributed by atoms with van der Waals surface area (Å²) < 4.78 is 12.1. The summed E-state index contributed by atoms with van der Waals surface area (Å²) in [5, 5.41) is 7.43. The largest absolute Gasteiger partial charge is 0.496 e. The van der Waals surface area contributed by atoms with Crippen molar-refractivity contribution < 1.29 is 19.1 Å². The van der Waals surface area contributed by atoms with E-state index in [4.69, 9.17) is 14.5 Å². The van der Waals surface area contributed by atoms with Crippen LogP contribution < -0.4 is 10.1 Å². The van der Waals surface area contributed by atoms with Gasteiger partial charge in [0.15, 0.2) is 11.2 Å². The SMILES string of the molecule is COc1ccccc1-c1csc(NC(=O)C(C)OC(=O)c2cccc3cccc(-c4nc5ccccc5s4)c23)n1. The number of rotatable bonds is 7. The van der Waals surface area contributed by atoms with Gasteiger partial charge in [-0.3, -0.25) is 10.1 Å². The number of anilines is 1. The molecule has 6 aromatic rings. The molecule has 1 amide bonds. The molecule has 198 valence electrons. The zero-order valence-corrected chi connectivity index (χ0v) is 23.2. The Morgan fingerprint density at radius 1 is 0.875 bits per heavy atom. The Labute approximate surface area is 238 Å². The number of hydrogen-bond acceptors (Lipinski definition) is 8. The molecule has 2 aromatic heterocycles. The maximum absolute atomic E-state index is 13.4. The Hall–Kier alpha value is -4.60. The molecule has 1 atom stereocenters. The molecule has 0 fully saturated rings. The van der Waals surface area contributed by atoms with Crippen molar-refractivity contribution in [2.75, 3.05) is 12.4 Å². The van der Waals surface area contributed by atoms with E-state index in [1.165, 1.54) is 11.3 Å². The Morgan fingerprint density at radius 3 is 2.45 bits per heavy atom. The topological polar surface area (TPSA) is 90.4 Å². The van der Waals surface area contributed by atoms with Crippen LogP contribution in [-0.2, 0) is 9.53 Å². The quantitative estimate of drug-likeness (QED) is 0.202. The van der Waals surface area contributed by atoms with Gasteiger partial charge >= 0.3 is 5.97 Å². The summed E-state index contributed by atoms with van der Waals surface area (Å²) in [6.45, 7) is 1.54. The van der Waals surface area contributed by atoms with Crippen LogP contribution in [0, 0.1) is 0 Å². The van der Waals surface area contributed by atoms with Gasteiger partial charge in [0.1, 0.15) is 10.8 Å². The van der Waals surface area contributed by atoms with Crippen molar-refractivity contribution in [3.8, 4) is 27.6 Å². The third-order valence-corrected chi connectivity index (χ3v) is 8.25. The van der Waals surface area contributed by atoms with Gasteiger partial charge in [-0.05, 0) is 42.6 Å². The lowest BCUT2D eigenvalue weighted by Gasteiger charge is -2.14. The van der Waals surface area contributed by atoms with E-state index in [0.29, 0.717) is 22.1 Å². The van der Waals surface area contributed by atoms with Crippen molar-refractivity contribution in [1.82, 2.24) is 9.97 Å². The Morgan fingerprint density at radius 2 is 1.62 bits per heavy atom. The standard InChI is InChI=1S/C31H23N3O4S2/c1-18(28(35)34-31-33-24(17-39-31)20-11-3-5-15-25(20)37-2)38-30(36)22-13-8-10-19-9-7-12-21(27(19)22)29-32-23-14-4-6-16-26(23)40-29/h3-18H,1-2H3,(H,33,34,35). The van der Waals surface area contributed by atoms with Crippen LogP contribution in [0.3, 0.4) is 0 Å². The van der Waals surface area contributed by atoms with E-state index >= 15 is 0 Å². The zero-order chi connectivity index (χ0) is 27.6. The van der Waals surface area contributed by atoms with E-state index in [2.05, 4.69) is 10.3 Å². The Bertz CT molecular complexity index is 1840. The molecule has 1 unspecified atom stereocenters. The number of nitrogens with zero attached hydrogens (tertiary/aromatic N) is 2. The predicted octanol–water partition coefficient (Wildman–Crippen LogP) is 7.43. The highest BCUT2D eigenvalue weighted by Gasteiger charge is 2.23. The zero-order valence-electron chi connectivity index (χ0n) is 21.6. The first-order valence-corrected chi connectivity index (χ1v) is 14.2. The highest BCUT2D eigenvalue weighted by Crippen LogP contribution is 2.36. The molecular formula is C31H23N3O4S2. The molecule has 0 saturated carbocycles. The molecule has 40 heavy (non-hydrogen) atoms. The molecule has 2 heterocycles. The second kappa shape index (κ2) is 10.9. The lowest BCUT2D eigenvalue weighted by molar-refractivity contribution is -0.123. The van der Waals surface area contributed by atoms with Crippen molar-refractivity contribution in [1.29, 1.82) is 0 Å². The van der Waals surface area contributed by atoms with E-state index in [1.54, 1.807) is 37.5 Å². The first-order chi connectivity index (χ1) is 19.5. The number of esters is 1. The number of carbonyl (C=O) groups excluding carboxylic acids is 2. The molecule has 4 aromatic carbocycles. The number of carbonyl (C=O) groups is 2. The summed E-state index contributed by atoms with van der Waals surface area (Å²) in [5.74, 6) is -0.371. The third kappa shape index (κ3) is 4.92. The van der Waals surface area contributed by atoms with Gasteiger partial charge in [0.05, 0.1) is 28.6 Å². The first-order valence-electron chi connectivity index (χ1n) is 12.5. The predicted molar refractivity (Wildman–Crippen MR) is 160 cm³/mol. The molecule has 7 nitrogen and oxygen atoms in total. The number of aromatic nitrogens is 2. The number of amides is 1. The average molecular weight is 566 g/mol. The summed E-state index contributed by atoms with van der Waals surface area (Å²) in [6.07, 6.45) is -1.05. The van der Waals surface area contributed by atoms with E-state index in [9.17, 15) is 9.59 Å². The van der Waals surface area contributed by atoms with Gasteiger partial charge in [0.2, 0.25) is 0 Å². The second-order valence-electron chi connectivity index (χ2n) is 8.97. The van der Waals surface area contributed by atoms with Gasteiger partial charge in [-0.2, -0.15) is 0 Å². The maximum Gasteiger partial charge on any atom is 0.339 e. The number of ether oxygens (including phenoxy) is 2. The first kappa shape index (κ1) is 25.7. The van der Waals surface area contributed by atoms with Crippen molar-refractivity contribution >= 4 is 60.7 Å². The number of fused-ring (bicyclic) bond motifs is 2. The number of hydrogen-bond donors (Lipinski definition) is 1. The summed E-state index contributed by atoms with van der Waals surface area (Å²) in [4.78, 5) is 35.6. The van der Waals surface area contributed by atoms with Crippen molar-refractivity contribution in [3.05, 3.63) is 95.9 Å². The molecule has 0 bridgehead atoms. The van der Waals surface area contributed by atoms with Crippen LogP contribution in [0.15, 0.2) is 90.3 Å². The van der Waals surface area contributed by atoms with E-state index in [1.807, 2.05) is 78.2 Å². The average Bonchev–Trinajstić information content (AvgIpc) is 3.63. The van der Waals surface area contributed by atoms with E-state index in [-0.39, 0.29) is 0 Å². The molecule has 1 N–H and O–H groups in total. The smallest absolute Gasteiger partial charge is 0.339 e. The van der Waals surface area contributed by atoms with Crippen LogP contribution in [0.1, 0.15) is 17.3 Å². The molecular weight excluding hydrogens is 542 g/mol. The van der Waals surface area contributed by atoms with Crippen LogP contribution in [0.25, 0.3) is 42.8 Å². The van der Waals surface area contributed by atoms with Crippen LogP contribution in [-0.4, -0.2) is 35.1 Å². The normalized spacial score (nSPS) is 11.8. The Balaban J connectivity index is 1.23. The fourth-order valence-electron chi connectivity index (χ4n) is 4.47. The van der Waals surface area contributed by atoms with Crippen molar-refractivity contribution in [2.24, 2.45) is 0 Å². The minimum absolute atomic E-state index is 0.375. The number of benzene rings is 4.